The van der Waals surface area contributed by atoms with Crippen molar-refractivity contribution in [1.29, 1.82) is 0 Å². The maximum Gasteiger partial charge on any atom is 0.0310 e. The zero-order valence-corrected chi connectivity index (χ0v) is 5.44. The molecule has 0 aliphatic rings. The molecular weight excluding hydrogens is 105 g/mol. The second kappa shape index (κ2) is 1.67. The van der Waals surface area contributed by atoms with E-state index >= 15 is 0 Å². The predicted octanol–water partition coefficient (Wildman–Crippen LogP) is 1.91. The van der Waals surface area contributed by atoms with Gasteiger partial charge in [-0.15, -0.1) is 0 Å². The molecule has 0 bridgehead atoms. The lowest BCUT2D eigenvalue weighted by Gasteiger charge is -1.89. The average Bonchev–Trinajstić information content (AvgIpc) is 1.91. The van der Waals surface area contributed by atoms with Crippen molar-refractivity contribution in [1.82, 2.24) is 4.57 Å². The zero-order chi connectivity index (χ0) is 5.28. The summed E-state index contributed by atoms with van der Waals surface area (Å²) in [5, 5.41) is 0. The highest BCUT2D eigenvalue weighted by Crippen LogP contribution is 2.07. The lowest BCUT2D eigenvalue weighted by atomic mass is 10.6. The van der Waals surface area contributed by atoms with E-state index in [1.54, 1.807) is 0 Å². The minimum atomic E-state index is 1.32. The number of aryl methyl sites for hydroxylation is 2. The number of rotatable bonds is 0. The van der Waals surface area contributed by atoms with Crippen molar-refractivity contribution in [2.45, 2.75) is 6.92 Å². The molecule has 0 aromatic carbocycles. The first-order chi connectivity index (χ1) is 3.30. The molecule has 0 radical (unpaired) electrons. The number of hydrogen-bond acceptors (Lipinski definition) is 0. The van der Waals surface area contributed by atoms with Crippen LogP contribution in [0.25, 0.3) is 0 Å². The topological polar surface area (TPSA) is 4.93 Å². The molecule has 2 heteroatoms. The monoisotopic (exact) mass is 113 g/mol. The minimum Gasteiger partial charge on any atom is -0.350 e. The van der Waals surface area contributed by atoms with Gasteiger partial charge in [-0.05, 0) is 12.7 Å². The SMILES string of the molecule is Cc1cpcn1C. The molecule has 1 nitrogen and oxygen atoms in total. The maximum atomic E-state index is 2.18. The highest BCUT2D eigenvalue weighted by atomic mass is 31.0. The normalized spacial score (nSPS) is 10.6. The summed E-state index contributed by atoms with van der Waals surface area (Å²) in [6, 6.07) is 0. The lowest BCUT2D eigenvalue weighted by Crippen LogP contribution is -1.84. The fraction of sp³-hybridized carbons (Fsp3) is 0.400. The molecule has 0 fully saturated rings. The van der Waals surface area contributed by atoms with Crippen LogP contribution in [0, 0.1) is 6.92 Å². The van der Waals surface area contributed by atoms with Crippen LogP contribution in [0.15, 0.2) is 11.7 Å². The Balaban J connectivity index is 3.12. The van der Waals surface area contributed by atoms with Crippen LogP contribution in [0.1, 0.15) is 5.69 Å². The summed E-state index contributed by atoms with van der Waals surface area (Å²) in [5.41, 5.74) is 1.35. The Morgan fingerprint density at radius 2 is 2.43 bits per heavy atom. The maximum absolute atomic E-state index is 2.18. The molecule has 7 heavy (non-hydrogen) atoms. The van der Waals surface area contributed by atoms with Crippen molar-refractivity contribution in [2.24, 2.45) is 7.05 Å². The third kappa shape index (κ3) is 0.834. The highest BCUT2D eigenvalue weighted by Gasteiger charge is 1.82. The number of hydrogen-bond donors (Lipinski definition) is 0. The molecule has 0 aliphatic heterocycles. The van der Waals surface area contributed by atoms with Crippen molar-refractivity contribution >= 4 is 8.19 Å². The van der Waals surface area contributed by atoms with E-state index in [4.69, 9.17) is 0 Å². The van der Waals surface area contributed by atoms with Crippen LogP contribution in [-0.4, -0.2) is 4.57 Å². The Labute approximate surface area is 45.1 Å². The first-order valence-corrected chi connectivity index (χ1v) is 3.27. The van der Waals surface area contributed by atoms with Gasteiger partial charge in [-0.25, -0.2) is 0 Å². The van der Waals surface area contributed by atoms with Gasteiger partial charge < -0.3 is 4.57 Å². The fourth-order valence-electron chi connectivity index (χ4n) is 0.423. The van der Waals surface area contributed by atoms with Crippen LogP contribution in [0.4, 0.5) is 0 Å². The Morgan fingerprint density at radius 1 is 1.71 bits per heavy atom. The van der Waals surface area contributed by atoms with Gasteiger partial charge in [0.15, 0.2) is 0 Å². The standard InChI is InChI=1S/C5H8NP/c1-5-3-7-4-6(5)2/h3-4H,1-2H3. The Bertz CT molecular complexity index is 140. The minimum absolute atomic E-state index is 1.32. The summed E-state index contributed by atoms with van der Waals surface area (Å²) in [6.07, 6.45) is 0. The molecular formula is C5H8NP. The third-order valence-electron chi connectivity index (χ3n) is 1.06. The van der Waals surface area contributed by atoms with E-state index in [2.05, 4.69) is 30.3 Å². The van der Waals surface area contributed by atoms with Gasteiger partial charge in [-0.1, -0.05) is 8.19 Å². The van der Waals surface area contributed by atoms with Gasteiger partial charge in [0.2, 0.25) is 0 Å². The van der Waals surface area contributed by atoms with Crippen molar-refractivity contribution in [3.05, 3.63) is 17.4 Å². The molecule has 1 aromatic heterocycles. The Morgan fingerprint density at radius 3 is 2.57 bits per heavy atom. The van der Waals surface area contributed by atoms with Crippen LogP contribution >= 0.6 is 8.19 Å². The van der Waals surface area contributed by atoms with Crippen LogP contribution in [-0.2, 0) is 7.05 Å². The molecule has 0 N–H and O–H groups in total. The van der Waals surface area contributed by atoms with Gasteiger partial charge in [0.05, 0.1) is 0 Å². The number of nitrogens with zero attached hydrogens (tertiary/aromatic N) is 1. The van der Waals surface area contributed by atoms with Crippen LogP contribution in [0.5, 0.6) is 0 Å². The molecule has 1 rings (SSSR count). The smallest absolute Gasteiger partial charge is 0.0310 e. The van der Waals surface area contributed by atoms with E-state index < -0.39 is 0 Å². The first-order valence-electron chi connectivity index (χ1n) is 2.23. The molecule has 0 saturated carbocycles. The summed E-state index contributed by atoms with van der Waals surface area (Å²) in [7, 11) is 3.38. The van der Waals surface area contributed by atoms with E-state index in [0.29, 0.717) is 0 Å². The van der Waals surface area contributed by atoms with Gasteiger partial charge in [0.25, 0.3) is 0 Å². The quantitative estimate of drug-likeness (QED) is 0.484. The van der Waals surface area contributed by atoms with E-state index in [-0.39, 0.29) is 0 Å². The summed E-state index contributed by atoms with van der Waals surface area (Å²) in [5.74, 6) is 4.31. The fourth-order valence-corrected chi connectivity index (χ4v) is 1.27. The summed E-state index contributed by atoms with van der Waals surface area (Å²) >= 11 is 0. The molecule has 1 heterocycles. The molecule has 0 amide bonds. The van der Waals surface area contributed by atoms with Gasteiger partial charge in [-0.2, -0.15) is 0 Å². The van der Waals surface area contributed by atoms with E-state index in [1.807, 2.05) is 0 Å². The van der Waals surface area contributed by atoms with E-state index in [9.17, 15) is 0 Å². The third-order valence-corrected chi connectivity index (χ3v) is 2.06. The second-order valence-corrected chi connectivity index (χ2v) is 2.43. The summed E-state index contributed by atoms with van der Waals surface area (Å²) in [6.45, 7) is 2.11. The molecule has 38 valence electrons. The lowest BCUT2D eigenvalue weighted by molar-refractivity contribution is 0.886. The number of aromatic nitrogens is 1. The predicted molar refractivity (Wildman–Crippen MR) is 32.7 cm³/mol. The van der Waals surface area contributed by atoms with Gasteiger partial charge in [0.1, 0.15) is 0 Å². The van der Waals surface area contributed by atoms with Gasteiger partial charge in [0, 0.05) is 18.7 Å². The van der Waals surface area contributed by atoms with E-state index in [0.717, 1.165) is 0 Å². The molecule has 0 unspecified atom stereocenters. The van der Waals surface area contributed by atoms with Crippen LogP contribution in [0.2, 0.25) is 0 Å². The van der Waals surface area contributed by atoms with Crippen molar-refractivity contribution < 1.29 is 0 Å². The molecule has 0 atom stereocenters. The van der Waals surface area contributed by atoms with Gasteiger partial charge in [-0.3, -0.25) is 0 Å². The largest absolute Gasteiger partial charge is 0.350 e. The highest BCUT2D eigenvalue weighted by molar-refractivity contribution is 7.28. The van der Waals surface area contributed by atoms with E-state index in [1.165, 1.54) is 13.9 Å². The van der Waals surface area contributed by atoms with Crippen molar-refractivity contribution in [3.8, 4) is 0 Å². The second-order valence-electron chi connectivity index (χ2n) is 1.65. The van der Waals surface area contributed by atoms with Crippen molar-refractivity contribution in [3.63, 3.8) is 0 Å². The first kappa shape index (κ1) is 4.86. The zero-order valence-electron chi connectivity index (χ0n) is 4.55. The van der Waals surface area contributed by atoms with Gasteiger partial charge >= 0.3 is 0 Å². The molecule has 0 aliphatic carbocycles. The average molecular weight is 113 g/mol. The summed E-state index contributed by atoms with van der Waals surface area (Å²) in [4.78, 5) is 0. The Kier molecular flexibility index (Phi) is 1.16. The van der Waals surface area contributed by atoms with Crippen LogP contribution < -0.4 is 0 Å². The molecule has 1 aromatic rings. The van der Waals surface area contributed by atoms with Crippen LogP contribution in [0.3, 0.4) is 0 Å². The van der Waals surface area contributed by atoms with Crippen molar-refractivity contribution in [2.75, 3.05) is 0 Å². The summed E-state index contributed by atoms with van der Waals surface area (Å²) < 4.78 is 2.13. The molecule has 0 spiro atoms. The molecule has 0 saturated heterocycles. The Hall–Kier alpha value is -0.290.